The monoisotopic (exact) mass is 257 g/mol. The third kappa shape index (κ3) is 4.87. The van der Waals surface area contributed by atoms with E-state index in [1.807, 2.05) is 0 Å². The number of unbranched alkanes of at least 4 members (excludes halogenated alkanes) is 4. The Morgan fingerprint density at radius 1 is 1.00 bits per heavy atom. The first-order valence-electron chi connectivity index (χ1n) is 7.72. The zero-order chi connectivity index (χ0) is 14.0. The number of rotatable bonds is 11. The van der Waals surface area contributed by atoms with Crippen molar-refractivity contribution in [1.29, 1.82) is 0 Å². The summed E-state index contributed by atoms with van der Waals surface area (Å²) in [5, 5.41) is 0. The van der Waals surface area contributed by atoms with Crippen molar-refractivity contribution in [2.45, 2.75) is 83.7 Å². The summed E-state index contributed by atoms with van der Waals surface area (Å²) < 4.78 is 0. The summed E-state index contributed by atoms with van der Waals surface area (Å²) in [5.41, 5.74) is 3.27. The fraction of sp³-hybridized carbons (Fsp3) is 1.00. The Hall–Kier alpha value is -0.120. The Morgan fingerprint density at radius 2 is 1.56 bits per heavy atom. The molecule has 0 aromatic heterocycles. The van der Waals surface area contributed by atoms with Crippen molar-refractivity contribution in [3.8, 4) is 0 Å². The lowest BCUT2D eigenvalue weighted by Crippen LogP contribution is -2.60. The third-order valence-corrected chi connectivity index (χ3v) is 4.56. The molecule has 3 heteroatoms. The summed E-state index contributed by atoms with van der Waals surface area (Å²) in [6.45, 7) is 6.80. The summed E-state index contributed by atoms with van der Waals surface area (Å²) >= 11 is 0. The Bertz CT molecular complexity index is 188. The number of nitrogens with zero attached hydrogens (tertiary/aromatic N) is 1. The van der Waals surface area contributed by atoms with Crippen LogP contribution >= 0.6 is 0 Å². The van der Waals surface area contributed by atoms with Crippen molar-refractivity contribution in [3.63, 3.8) is 0 Å². The lowest BCUT2D eigenvalue weighted by atomic mass is 9.81. The van der Waals surface area contributed by atoms with Crippen molar-refractivity contribution in [2.75, 3.05) is 14.1 Å². The quantitative estimate of drug-likeness (QED) is 0.339. The van der Waals surface area contributed by atoms with Gasteiger partial charge in [-0.15, -0.1) is 0 Å². The first kappa shape index (κ1) is 17.9. The fourth-order valence-corrected chi connectivity index (χ4v) is 3.15. The molecule has 0 rings (SSSR count). The average molecular weight is 257 g/mol. The molecule has 0 aromatic rings. The number of nitrogens with one attached hydrogen (secondary N) is 1. The standard InChI is InChI=1S/C15H35N3/c1-6-9-10-11-12-13-14(17-16)15(7-2,8-3)18(4)5/h14,17H,6-13,16H2,1-5H3. The van der Waals surface area contributed by atoms with E-state index in [4.69, 9.17) is 5.84 Å². The first-order valence-corrected chi connectivity index (χ1v) is 7.72. The van der Waals surface area contributed by atoms with Crippen LogP contribution in [-0.2, 0) is 0 Å². The maximum atomic E-state index is 5.81. The lowest BCUT2D eigenvalue weighted by Gasteiger charge is -2.45. The summed E-state index contributed by atoms with van der Waals surface area (Å²) in [4.78, 5) is 2.35. The van der Waals surface area contributed by atoms with Gasteiger partial charge in [-0.25, -0.2) is 0 Å². The molecule has 0 bridgehead atoms. The highest BCUT2D eigenvalue weighted by Crippen LogP contribution is 2.28. The molecule has 3 nitrogen and oxygen atoms in total. The molecule has 110 valence electrons. The van der Waals surface area contributed by atoms with Gasteiger partial charge in [-0.3, -0.25) is 11.3 Å². The van der Waals surface area contributed by atoms with Crippen LogP contribution in [0, 0.1) is 0 Å². The van der Waals surface area contributed by atoms with Gasteiger partial charge in [-0.2, -0.15) is 0 Å². The second kappa shape index (κ2) is 9.76. The Balaban J connectivity index is 4.34. The molecular weight excluding hydrogens is 222 g/mol. The number of hydrogen-bond donors (Lipinski definition) is 2. The Morgan fingerprint density at radius 3 is 1.94 bits per heavy atom. The van der Waals surface area contributed by atoms with Crippen molar-refractivity contribution in [3.05, 3.63) is 0 Å². The molecule has 0 aliphatic rings. The van der Waals surface area contributed by atoms with E-state index in [9.17, 15) is 0 Å². The van der Waals surface area contributed by atoms with Gasteiger partial charge in [0, 0.05) is 11.6 Å². The second-order valence-corrected chi connectivity index (χ2v) is 5.63. The molecule has 1 unspecified atom stereocenters. The SMILES string of the molecule is CCCCCCCC(NN)C(CC)(CC)N(C)C. The van der Waals surface area contributed by atoms with Gasteiger partial charge in [0.05, 0.1) is 0 Å². The molecule has 3 N–H and O–H groups in total. The summed E-state index contributed by atoms with van der Waals surface area (Å²) in [6.07, 6.45) is 10.1. The first-order chi connectivity index (χ1) is 8.58. The van der Waals surface area contributed by atoms with Crippen LogP contribution in [0.5, 0.6) is 0 Å². The summed E-state index contributed by atoms with van der Waals surface area (Å²) in [7, 11) is 4.35. The topological polar surface area (TPSA) is 41.3 Å². The van der Waals surface area contributed by atoms with Gasteiger partial charge in [0.15, 0.2) is 0 Å². The zero-order valence-corrected chi connectivity index (χ0v) is 13.3. The predicted molar refractivity (Wildman–Crippen MR) is 81.5 cm³/mol. The van der Waals surface area contributed by atoms with Crippen molar-refractivity contribution in [2.24, 2.45) is 5.84 Å². The van der Waals surface area contributed by atoms with Gasteiger partial charge in [-0.1, -0.05) is 52.9 Å². The number of nitrogens with two attached hydrogens (primary N) is 1. The smallest absolute Gasteiger partial charge is 0.0394 e. The Labute approximate surface area is 114 Å². The average Bonchev–Trinajstić information content (AvgIpc) is 2.37. The van der Waals surface area contributed by atoms with E-state index in [0.717, 1.165) is 12.8 Å². The van der Waals surface area contributed by atoms with Crippen LogP contribution in [0.15, 0.2) is 0 Å². The normalized spacial score (nSPS) is 14.2. The minimum atomic E-state index is 0.194. The predicted octanol–water partition coefficient (Wildman–Crippen LogP) is 3.30. The van der Waals surface area contributed by atoms with Crippen molar-refractivity contribution in [1.82, 2.24) is 10.3 Å². The van der Waals surface area contributed by atoms with Gasteiger partial charge in [-0.05, 0) is 33.4 Å². The van der Waals surface area contributed by atoms with Gasteiger partial charge < -0.3 is 4.90 Å². The summed E-state index contributed by atoms with van der Waals surface area (Å²) in [6, 6.07) is 0.393. The number of hydrogen-bond acceptors (Lipinski definition) is 3. The molecule has 0 aliphatic carbocycles. The molecule has 0 fully saturated rings. The molecule has 0 saturated heterocycles. The van der Waals surface area contributed by atoms with Gasteiger partial charge in [0.1, 0.15) is 0 Å². The molecule has 0 spiro atoms. The molecular formula is C15H35N3. The van der Waals surface area contributed by atoms with Crippen LogP contribution in [0.1, 0.15) is 72.1 Å². The largest absolute Gasteiger partial charge is 0.302 e. The number of likely N-dealkylation sites (N-methyl/N-ethyl adjacent to an activating group) is 1. The minimum Gasteiger partial charge on any atom is -0.302 e. The van der Waals surface area contributed by atoms with Crippen LogP contribution in [0.25, 0.3) is 0 Å². The van der Waals surface area contributed by atoms with E-state index in [0.29, 0.717) is 6.04 Å². The molecule has 1 atom stereocenters. The molecule has 0 saturated carbocycles. The molecule has 18 heavy (non-hydrogen) atoms. The summed E-state index contributed by atoms with van der Waals surface area (Å²) in [5.74, 6) is 5.81. The van der Waals surface area contributed by atoms with Gasteiger partial charge in [0.2, 0.25) is 0 Å². The Kier molecular flexibility index (Phi) is 9.70. The molecule has 0 amide bonds. The van der Waals surface area contributed by atoms with Crippen LogP contribution in [0.3, 0.4) is 0 Å². The second-order valence-electron chi connectivity index (χ2n) is 5.63. The van der Waals surface area contributed by atoms with E-state index in [1.54, 1.807) is 0 Å². The van der Waals surface area contributed by atoms with Gasteiger partial charge >= 0.3 is 0 Å². The van der Waals surface area contributed by atoms with E-state index in [1.165, 1.54) is 38.5 Å². The lowest BCUT2D eigenvalue weighted by molar-refractivity contribution is 0.0828. The van der Waals surface area contributed by atoms with Crippen molar-refractivity contribution >= 4 is 0 Å². The highest BCUT2D eigenvalue weighted by molar-refractivity contribution is 4.95. The van der Waals surface area contributed by atoms with E-state index in [2.05, 4.69) is 45.2 Å². The maximum Gasteiger partial charge on any atom is 0.0394 e. The van der Waals surface area contributed by atoms with E-state index in [-0.39, 0.29) is 5.54 Å². The van der Waals surface area contributed by atoms with Crippen LogP contribution < -0.4 is 11.3 Å². The highest BCUT2D eigenvalue weighted by atomic mass is 15.3. The molecule has 0 heterocycles. The molecule has 0 radical (unpaired) electrons. The zero-order valence-electron chi connectivity index (χ0n) is 13.3. The van der Waals surface area contributed by atoms with Crippen LogP contribution in [-0.4, -0.2) is 30.6 Å². The van der Waals surface area contributed by atoms with Crippen LogP contribution in [0.2, 0.25) is 0 Å². The fourth-order valence-electron chi connectivity index (χ4n) is 3.15. The number of hydrazine groups is 1. The highest BCUT2D eigenvalue weighted by Gasteiger charge is 2.36. The van der Waals surface area contributed by atoms with Crippen molar-refractivity contribution < 1.29 is 0 Å². The van der Waals surface area contributed by atoms with E-state index >= 15 is 0 Å². The minimum absolute atomic E-state index is 0.194. The third-order valence-electron chi connectivity index (χ3n) is 4.56. The van der Waals surface area contributed by atoms with Crippen LogP contribution in [0.4, 0.5) is 0 Å². The van der Waals surface area contributed by atoms with Gasteiger partial charge in [0.25, 0.3) is 0 Å². The maximum absolute atomic E-state index is 5.81. The molecule has 0 aliphatic heterocycles. The van der Waals surface area contributed by atoms with E-state index < -0.39 is 0 Å². The molecule has 0 aromatic carbocycles.